The van der Waals surface area contributed by atoms with Crippen LogP contribution in [0.15, 0.2) is 47.4 Å². The Hall–Kier alpha value is -2.05. The highest BCUT2D eigenvalue weighted by atomic mass is 32.2. The van der Waals surface area contributed by atoms with E-state index in [0.717, 1.165) is 5.56 Å². The molecule has 6 heteroatoms. The molecule has 0 radical (unpaired) electrons. The van der Waals surface area contributed by atoms with Gasteiger partial charge >= 0.3 is 0 Å². The van der Waals surface area contributed by atoms with E-state index in [4.69, 9.17) is 9.47 Å². The first kappa shape index (κ1) is 16.8. The fourth-order valence-electron chi connectivity index (χ4n) is 3.19. The molecule has 5 nitrogen and oxygen atoms in total. The molecular formula is C18H21NO4S. The lowest BCUT2D eigenvalue weighted by Gasteiger charge is -2.34. The van der Waals surface area contributed by atoms with Crippen LogP contribution in [0.2, 0.25) is 0 Å². The molecule has 0 saturated carbocycles. The van der Waals surface area contributed by atoms with Crippen LogP contribution in [-0.2, 0) is 16.4 Å². The van der Waals surface area contributed by atoms with Crippen molar-refractivity contribution in [3.8, 4) is 11.5 Å². The molecule has 2 aromatic carbocycles. The molecule has 0 fully saturated rings. The van der Waals surface area contributed by atoms with Crippen LogP contribution >= 0.6 is 0 Å². The topological polar surface area (TPSA) is 55.8 Å². The first-order valence-corrected chi connectivity index (χ1v) is 9.24. The van der Waals surface area contributed by atoms with Crippen LogP contribution in [0.5, 0.6) is 11.5 Å². The lowest BCUT2D eigenvalue weighted by molar-refractivity contribution is 0.325. The predicted molar refractivity (Wildman–Crippen MR) is 92.0 cm³/mol. The van der Waals surface area contributed by atoms with Gasteiger partial charge in [0.25, 0.3) is 0 Å². The van der Waals surface area contributed by atoms with Gasteiger partial charge in [-0.25, -0.2) is 8.42 Å². The molecule has 1 aliphatic rings. The van der Waals surface area contributed by atoms with Gasteiger partial charge < -0.3 is 9.47 Å². The highest BCUT2D eigenvalue weighted by molar-refractivity contribution is 7.89. The first-order valence-electron chi connectivity index (χ1n) is 7.80. The molecule has 1 atom stereocenters. The summed E-state index contributed by atoms with van der Waals surface area (Å²) in [6, 6.07) is 12.5. The zero-order valence-corrected chi connectivity index (χ0v) is 14.8. The van der Waals surface area contributed by atoms with Gasteiger partial charge in [0.1, 0.15) is 0 Å². The van der Waals surface area contributed by atoms with Crippen molar-refractivity contribution in [2.75, 3.05) is 20.8 Å². The van der Waals surface area contributed by atoms with E-state index >= 15 is 0 Å². The zero-order chi connectivity index (χ0) is 17.3. The van der Waals surface area contributed by atoms with Gasteiger partial charge in [-0.1, -0.05) is 24.3 Å². The summed E-state index contributed by atoms with van der Waals surface area (Å²) in [6.45, 7) is 2.39. The highest BCUT2D eigenvalue weighted by Gasteiger charge is 2.34. The maximum absolute atomic E-state index is 13.1. The lowest BCUT2D eigenvalue weighted by atomic mass is 9.96. The summed E-state index contributed by atoms with van der Waals surface area (Å²) in [5.41, 5.74) is 2.27. The van der Waals surface area contributed by atoms with Crippen molar-refractivity contribution in [2.45, 2.75) is 24.3 Å². The fraction of sp³-hybridized carbons (Fsp3) is 0.333. The Kier molecular flexibility index (Phi) is 4.51. The van der Waals surface area contributed by atoms with E-state index in [0.29, 0.717) is 24.5 Å². The maximum Gasteiger partial charge on any atom is 0.243 e. The van der Waals surface area contributed by atoms with Gasteiger partial charge in [0.15, 0.2) is 11.5 Å². The van der Waals surface area contributed by atoms with Gasteiger partial charge in [0.05, 0.1) is 19.1 Å². The van der Waals surface area contributed by atoms with Gasteiger partial charge in [0, 0.05) is 18.7 Å². The lowest BCUT2D eigenvalue weighted by Crippen LogP contribution is -2.38. The van der Waals surface area contributed by atoms with E-state index in [-0.39, 0.29) is 10.9 Å². The van der Waals surface area contributed by atoms with Gasteiger partial charge in [-0.2, -0.15) is 4.31 Å². The van der Waals surface area contributed by atoms with Crippen LogP contribution in [0.1, 0.15) is 24.1 Å². The number of fused-ring (bicyclic) bond motifs is 1. The van der Waals surface area contributed by atoms with E-state index in [2.05, 4.69) is 6.07 Å². The number of hydrogen-bond donors (Lipinski definition) is 0. The van der Waals surface area contributed by atoms with Crippen molar-refractivity contribution < 1.29 is 17.9 Å². The number of rotatable bonds is 4. The normalized spacial score (nSPS) is 18.0. The van der Waals surface area contributed by atoms with Gasteiger partial charge in [-0.05, 0) is 36.6 Å². The third-order valence-electron chi connectivity index (χ3n) is 4.50. The minimum absolute atomic E-state index is 0.201. The fourth-order valence-corrected chi connectivity index (χ4v) is 4.82. The van der Waals surface area contributed by atoms with Crippen molar-refractivity contribution >= 4 is 10.0 Å². The SMILES string of the molecule is COc1ccc(S(=O)(=O)N2CCc3ccccc3C2C)cc1OC. The minimum atomic E-state index is -3.61. The maximum atomic E-state index is 13.1. The van der Waals surface area contributed by atoms with E-state index in [1.165, 1.54) is 25.8 Å². The number of hydrogen-bond acceptors (Lipinski definition) is 4. The Bertz CT molecular complexity index is 848. The Labute approximate surface area is 142 Å². The standard InChI is InChI=1S/C18H21NO4S/c1-13-16-7-5-4-6-14(16)10-11-19(13)24(20,21)15-8-9-17(22-2)18(12-15)23-3/h4-9,12-13H,10-11H2,1-3H3. The average molecular weight is 347 g/mol. The average Bonchev–Trinajstić information content (AvgIpc) is 2.61. The Balaban J connectivity index is 2.00. The number of sulfonamides is 1. The molecule has 0 amide bonds. The van der Waals surface area contributed by atoms with Crippen molar-refractivity contribution in [3.05, 3.63) is 53.6 Å². The molecule has 24 heavy (non-hydrogen) atoms. The minimum Gasteiger partial charge on any atom is -0.493 e. The van der Waals surface area contributed by atoms with Crippen LogP contribution < -0.4 is 9.47 Å². The quantitative estimate of drug-likeness (QED) is 0.853. The van der Waals surface area contributed by atoms with E-state index < -0.39 is 10.0 Å². The number of benzene rings is 2. The summed E-state index contributed by atoms with van der Waals surface area (Å²) in [6.07, 6.45) is 0.715. The van der Waals surface area contributed by atoms with Gasteiger partial charge in [-0.15, -0.1) is 0 Å². The third-order valence-corrected chi connectivity index (χ3v) is 6.47. The van der Waals surface area contributed by atoms with Crippen molar-refractivity contribution in [3.63, 3.8) is 0 Å². The molecular weight excluding hydrogens is 326 g/mol. The van der Waals surface area contributed by atoms with Crippen molar-refractivity contribution in [1.29, 1.82) is 0 Å². The van der Waals surface area contributed by atoms with E-state index in [1.54, 1.807) is 16.4 Å². The van der Waals surface area contributed by atoms with Gasteiger partial charge in [0.2, 0.25) is 10.0 Å². The summed E-state index contributed by atoms with van der Waals surface area (Å²) in [4.78, 5) is 0.214. The van der Waals surface area contributed by atoms with E-state index in [9.17, 15) is 8.42 Å². The smallest absolute Gasteiger partial charge is 0.243 e. The largest absolute Gasteiger partial charge is 0.493 e. The van der Waals surface area contributed by atoms with Crippen LogP contribution in [0.25, 0.3) is 0 Å². The summed E-state index contributed by atoms with van der Waals surface area (Å²) < 4.78 is 38.2. The second-order valence-electron chi connectivity index (χ2n) is 5.76. The van der Waals surface area contributed by atoms with Crippen molar-refractivity contribution in [2.24, 2.45) is 0 Å². The number of ether oxygens (including phenoxy) is 2. The first-order chi connectivity index (χ1) is 11.5. The molecule has 1 heterocycles. The van der Waals surface area contributed by atoms with Crippen LogP contribution in [0.4, 0.5) is 0 Å². The summed E-state index contributed by atoms with van der Waals surface area (Å²) in [5.74, 6) is 0.914. The highest BCUT2D eigenvalue weighted by Crippen LogP contribution is 2.36. The molecule has 0 N–H and O–H groups in total. The molecule has 0 aromatic heterocycles. The Morgan fingerprint density at radius 3 is 2.46 bits per heavy atom. The Morgan fingerprint density at radius 2 is 1.75 bits per heavy atom. The zero-order valence-electron chi connectivity index (χ0n) is 14.0. The van der Waals surface area contributed by atoms with Gasteiger partial charge in [-0.3, -0.25) is 0 Å². The summed E-state index contributed by atoms with van der Waals surface area (Å²) in [5, 5.41) is 0. The van der Waals surface area contributed by atoms with Crippen LogP contribution in [-0.4, -0.2) is 33.5 Å². The van der Waals surface area contributed by atoms with Crippen molar-refractivity contribution in [1.82, 2.24) is 4.31 Å². The monoisotopic (exact) mass is 347 g/mol. The second kappa shape index (κ2) is 6.45. The predicted octanol–water partition coefficient (Wildman–Crippen LogP) is 3.01. The second-order valence-corrected chi connectivity index (χ2v) is 7.65. The molecule has 0 saturated heterocycles. The third kappa shape index (κ3) is 2.76. The number of methoxy groups -OCH3 is 2. The van der Waals surface area contributed by atoms with E-state index in [1.807, 2.05) is 25.1 Å². The Morgan fingerprint density at radius 1 is 1.04 bits per heavy atom. The van der Waals surface area contributed by atoms with Crippen LogP contribution in [0.3, 0.4) is 0 Å². The number of nitrogens with zero attached hydrogens (tertiary/aromatic N) is 1. The molecule has 2 aromatic rings. The molecule has 1 unspecified atom stereocenters. The molecule has 0 spiro atoms. The molecule has 128 valence electrons. The molecule has 0 bridgehead atoms. The van der Waals surface area contributed by atoms with Crippen LogP contribution in [0, 0.1) is 0 Å². The summed E-state index contributed by atoms with van der Waals surface area (Å²) >= 11 is 0. The molecule has 0 aliphatic carbocycles. The molecule has 3 rings (SSSR count). The molecule has 1 aliphatic heterocycles. The summed E-state index contributed by atoms with van der Waals surface area (Å²) in [7, 11) is -0.596.